The Morgan fingerprint density at radius 3 is 2.13 bits per heavy atom. The molecule has 1 atom stereocenters. The molecule has 2 heterocycles. The van der Waals surface area contributed by atoms with Crippen molar-refractivity contribution in [2.75, 3.05) is 25.9 Å². The number of ether oxygens (including phenoxy) is 2. The molecule has 0 spiro atoms. The van der Waals surface area contributed by atoms with Crippen molar-refractivity contribution < 1.29 is 17.9 Å². The first-order chi connectivity index (χ1) is 14.3. The van der Waals surface area contributed by atoms with Gasteiger partial charge in [0.2, 0.25) is 0 Å². The number of nitrogens with two attached hydrogens (primary N) is 1. The minimum atomic E-state index is -3.26. The Morgan fingerprint density at radius 2 is 1.63 bits per heavy atom. The van der Waals surface area contributed by atoms with E-state index in [2.05, 4.69) is 11.8 Å². The molecule has 0 bridgehead atoms. The lowest BCUT2D eigenvalue weighted by Gasteiger charge is -2.42. The number of sulfone groups is 1. The Labute approximate surface area is 178 Å². The van der Waals surface area contributed by atoms with E-state index in [0.717, 1.165) is 49.4 Å². The molecule has 162 valence electrons. The number of likely N-dealkylation sites (tertiary alicyclic amines) is 1. The molecule has 2 aromatic rings. The van der Waals surface area contributed by atoms with E-state index in [1.54, 1.807) is 12.1 Å². The van der Waals surface area contributed by atoms with Gasteiger partial charge in [0.05, 0.1) is 4.90 Å². The third-order valence-electron chi connectivity index (χ3n) is 6.33. The number of nitrogens with zero attached hydrogens (tertiary/aromatic N) is 1. The first kappa shape index (κ1) is 21.2. The molecular weight excluding hydrogens is 400 g/mol. The van der Waals surface area contributed by atoms with Crippen LogP contribution in [0.2, 0.25) is 0 Å². The van der Waals surface area contributed by atoms with E-state index in [1.807, 2.05) is 36.4 Å². The third kappa shape index (κ3) is 3.94. The van der Waals surface area contributed by atoms with Gasteiger partial charge in [0, 0.05) is 23.8 Å². The average Bonchev–Trinajstić information content (AvgIpc) is 3.14. The molecule has 6 nitrogen and oxygen atoms in total. The van der Waals surface area contributed by atoms with Crippen LogP contribution in [0.15, 0.2) is 53.4 Å². The van der Waals surface area contributed by atoms with Crippen molar-refractivity contribution in [2.24, 2.45) is 11.7 Å². The summed E-state index contributed by atoms with van der Waals surface area (Å²) in [7, 11) is -3.26. The summed E-state index contributed by atoms with van der Waals surface area (Å²) in [5.41, 5.74) is 6.59. The maximum Gasteiger partial charge on any atom is 0.281 e. The zero-order valence-corrected chi connectivity index (χ0v) is 18.4. The molecule has 2 aromatic carbocycles. The monoisotopic (exact) mass is 430 g/mol. The van der Waals surface area contributed by atoms with Gasteiger partial charge in [-0.3, -0.25) is 0 Å². The fourth-order valence-corrected chi connectivity index (χ4v) is 5.20. The van der Waals surface area contributed by atoms with Crippen molar-refractivity contribution in [2.45, 2.75) is 42.9 Å². The minimum Gasteiger partial charge on any atom is -0.444 e. The van der Waals surface area contributed by atoms with Gasteiger partial charge in [-0.05, 0) is 82.2 Å². The van der Waals surface area contributed by atoms with Crippen LogP contribution in [0.5, 0.6) is 11.5 Å². The summed E-state index contributed by atoms with van der Waals surface area (Å²) in [5.74, 6) is 0.658. The van der Waals surface area contributed by atoms with Crippen LogP contribution < -0.4 is 15.2 Å². The lowest BCUT2D eigenvalue weighted by Crippen LogP contribution is -2.50. The van der Waals surface area contributed by atoms with Crippen LogP contribution in [-0.4, -0.2) is 45.2 Å². The molecule has 0 aliphatic carbocycles. The highest BCUT2D eigenvalue weighted by Crippen LogP contribution is 2.50. The van der Waals surface area contributed by atoms with Gasteiger partial charge >= 0.3 is 0 Å². The van der Waals surface area contributed by atoms with E-state index in [4.69, 9.17) is 15.2 Å². The standard InChI is InChI=1S/C23H30N2O4S/c1-17(11-14-24)25-15-12-19(13-16-25)23(28-21-5-3-4-6-22(21)29-23)18-7-9-20(10-8-18)30(2,26)27/h3-10,17,19H,11-16,24H2,1-2H3. The Balaban J connectivity index is 1.64. The lowest BCUT2D eigenvalue weighted by molar-refractivity contribution is -0.149. The average molecular weight is 431 g/mol. The summed E-state index contributed by atoms with van der Waals surface area (Å²) in [6.45, 7) is 4.83. The highest BCUT2D eigenvalue weighted by Gasteiger charge is 2.51. The van der Waals surface area contributed by atoms with Crippen molar-refractivity contribution in [1.82, 2.24) is 4.90 Å². The van der Waals surface area contributed by atoms with Gasteiger partial charge in [-0.25, -0.2) is 8.42 Å². The van der Waals surface area contributed by atoms with Gasteiger partial charge in [-0.1, -0.05) is 12.1 Å². The number of para-hydroxylation sites is 2. The summed E-state index contributed by atoms with van der Waals surface area (Å²) >= 11 is 0. The molecule has 0 aromatic heterocycles. The molecule has 1 saturated heterocycles. The minimum absolute atomic E-state index is 0.148. The molecule has 4 rings (SSSR count). The fourth-order valence-electron chi connectivity index (χ4n) is 4.57. The van der Waals surface area contributed by atoms with Gasteiger partial charge in [0.15, 0.2) is 21.3 Å². The molecule has 0 saturated carbocycles. The fraction of sp³-hybridized carbons (Fsp3) is 0.478. The number of fused-ring (bicyclic) bond motifs is 1. The first-order valence-corrected chi connectivity index (χ1v) is 12.4. The summed E-state index contributed by atoms with van der Waals surface area (Å²) in [6, 6.07) is 15.1. The second-order valence-electron chi connectivity index (χ2n) is 8.35. The van der Waals surface area contributed by atoms with Crippen LogP contribution in [-0.2, 0) is 15.6 Å². The number of hydrogen-bond acceptors (Lipinski definition) is 6. The number of benzene rings is 2. The summed E-state index contributed by atoms with van der Waals surface area (Å²) < 4.78 is 36.8. The molecule has 2 N–H and O–H groups in total. The van der Waals surface area contributed by atoms with Crippen molar-refractivity contribution >= 4 is 9.84 Å². The SMILES string of the molecule is CC(CCN)N1CCC(C2(c3ccc(S(C)(=O)=O)cc3)Oc3ccccc3O2)CC1. The summed E-state index contributed by atoms with van der Waals surface area (Å²) in [6.07, 6.45) is 4.06. The van der Waals surface area contributed by atoms with E-state index in [-0.39, 0.29) is 5.92 Å². The highest BCUT2D eigenvalue weighted by atomic mass is 32.2. The molecule has 2 aliphatic rings. The van der Waals surface area contributed by atoms with Crippen LogP contribution in [0.3, 0.4) is 0 Å². The largest absolute Gasteiger partial charge is 0.444 e. The van der Waals surface area contributed by atoms with Crippen molar-refractivity contribution in [3.8, 4) is 11.5 Å². The summed E-state index contributed by atoms with van der Waals surface area (Å²) in [5, 5.41) is 0. The zero-order chi connectivity index (χ0) is 21.4. The topological polar surface area (TPSA) is 81.9 Å². The normalized spacial score (nSPS) is 20.2. The van der Waals surface area contributed by atoms with Crippen LogP contribution in [0, 0.1) is 5.92 Å². The highest BCUT2D eigenvalue weighted by molar-refractivity contribution is 7.90. The second kappa shape index (κ2) is 8.21. The molecule has 0 amide bonds. The van der Waals surface area contributed by atoms with Crippen LogP contribution in [0.1, 0.15) is 31.7 Å². The number of piperidine rings is 1. The Morgan fingerprint density at radius 1 is 1.07 bits per heavy atom. The van der Waals surface area contributed by atoms with E-state index >= 15 is 0 Å². The van der Waals surface area contributed by atoms with Crippen LogP contribution >= 0.6 is 0 Å². The lowest BCUT2D eigenvalue weighted by atomic mass is 9.83. The predicted octanol–water partition coefficient (Wildman–Crippen LogP) is 3.16. The van der Waals surface area contributed by atoms with Crippen molar-refractivity contribution in [3.05, 3.63) is 54.1 Å². The van der Waals surface area contributed by atoms with Gasteiger partial charge < -0.3 is 20.1 Å². The van der Waals surface area contributed by atoms with Crippen LogP contribution in [0.25, 0.3) is 0 Å². The Kier molecular flexibility index (Phi) is 5.79. The molecule has 30 heavy (non-hydrogen) atoms. The molecule has 7 heteroatoms. The first-order valence-electron chi connectivity index (χ1n) is 10.6. The van der Waals surface area contributed by atoms with Crippen molar-refractivity contribution in [3.63, 3.8) is 0 Å². The zero-order valence-electron chi connectivity index (χ0n) is 17.6. The van der Waals surface area contributed by atoms with E-state index < -0.39 is 15.6 Å². The van der Waals surface area contributed by atoms with Gasteiger partial charge in [0.25, 0.3) is 5.79 Å². The molecule has 1 unspecified atom stereocenters. The van der Waals surface area contributed by atoms with E-state index in [9.17, 15) is 8.42 Å². The van der Waals surface area contributed by atoms with Gasteiger partial charge in [-0.2, -0.15) is 0 Å². The Hall–Kier alpha value is -2.09. The maximum absolute atomic E-state index is 11.9. The quantitative estimate of drug-likeness (QED) is 0.758. The molecule has 0 radical (unpaired) electrons. The van der Waals surface area contributed by atoms with E-state index in [1.165, 1.54) is 6.26 Å². The molecule has 1 fully saturated rings. The third-order valence-corrected chi connectivity index (χ3v) is 7.46. The second-order valence-corrected chi connectivity index (χ2v) is 10.4. The molecular formula is C23H30N2O4S. The predicted molar refractivity (Wildman–Crippen MR) is 116 cm³/mol. The number of rotatable bonds is 6. The smallest absolute Gasteiger partial charge is 0.281 e. The van der Waals surface area contributed by atoms with Crippen molar-refractivity contribution in [1.29, 1.82) is 0 Å². The van der Waals surface area contributed by atoms with Gasteiger partial charge in [-0.15, -0.1) is 0 Å². The van der Waals surface area contributed by atoms with E-state index in [0.29, 0.717) is 17.5 Å². The number of hydrogen-bond donors (Lipinski definition) is 1. The Bertz CT molecular complexity index is 958. The van der Waals surface area contributed by atoms with Gasteiger partial charge in [0.1, 0.15) is 0 Å². The van der Waals surface area contributed by atoms with Crippen LogP contribution in [0.4, 0.5) is 0 Å². The summed E-state index contributed by atoms with van der Waals surface area (Å²) in [4.78, 5) is 2.77. The maximum atomic E-state index is 11.9. The molecule has 2 aliphatic heterocycles.